The van der Waals surface area contributed by atoms with Crippen molar-refractivity contribution >= 4 is 17.6 Å². The van der Waals surface area contributed by atoms with Crippen LogP contribution in [-0.2, 0) is 0 Å². The first-order valence-corrected chi connectivity index (χ1v) is 7.24. The third-order valence-corrected chi connectivity index (χ3v) is 3.91. The Hall–Kier alpha value is -3.82. The normalized spacial score (nSPS) is 13.0. The number of nitrogens with one attached hydrogen (secondary N) is 1. The molecule has 4 rings (SSSR count). The summed E-state index contributed by atoms with van der Waals surface area (Å²) in [6.45, 7) is 1.73. The molecule has 0 unspecified atom stereocenters. The molecule has 10 nitrogen and oxygen atoms in total. The molecule has 0 bridgehead atoms. The summed E-state index contributed by atoms with van der Waals surface area (Å²) in [4.78, 5) is 36.1. The van der Waals surface area contributed by atoms with Crippen molar-refractivity contribution in [1.82, 2.24) is 30.1 Å². The molecule has 0 saturated carbocycles. The summed E-state index contributed by atoms with van der Waals surface area (Å²) in [6, 6.07) is 7.87. The van der Waals surface area contributed by atoms with Crippen LogP contribution in [0.1, 0.15) is 26.5 Å². The molecule has 1 aliphatic rings. The fourth-order valence-corrected chi connectivity index (χ4v) is 2.78. The van der Waals surface area contributed by atoms with Gasteiger partial charge >= 0.3 is 0 Å². The van der Waals surface area contributed by atoms with E-state index in [-0.39, 0.29) is 16.9 Å². The van der Waals surface area contributed by atoms with Crippen LogP contribution < -0.4 is 16.6 Å². The van der Waals surface area contributed by atoms with Gasteiger partial charge in [-0.15, -0.1) is 5.10 Å². The maximum atomic E-state index is 12.5. The minimum atomic E-state index is -0.631. The van der Waals surface area contributed by atoms with Crippen LogP contribution in [0.3, 0.4) is 0 Å². The Morgan fingerprint density at radius 2 is 1.84 bits per heavy atom. The molecular weight excluding hydrogens is 326 g/mol. The van der Waals surface area contributed by atoms with E-state index in [1.54, 1.807) is 31.2 Å². The van der Waals surface area contributed by atoms with E-state index in [1.165, 1.54) is 9.25 Å². The predicted molar refractivity (Wildman–Crippen MR) is 85.7 cm³/mol. The second-order valence-corrected chi connectivity index (χ2v) is 5.43. The Labute approximate surface area is 139 Å². The van der Waals surface area contributed by atoms with E-state index in [2.05, 4.69) is 20.8 Å². The average Bonchev–Trinajstić information content (AvgIpc) is 3.11. The number of nitrogen functional groups attached to an aromatic ring is 1. The van der Waals surface area contributed by atoms with Gasteiger partial charge in [0.25, 0.3) is 17.4 Å². The molecule has 3 N–H and O–H groups in total. The molecule has 3 aromatic rings. The fraction of sp³-hybridized carbons (Fsp3) is 0.0667. The standard InChI is InChI=1S/C15H11N7O3/c1-7-18-19-20-22(7)9-4-2-3-8(5-9)21-11(23)6-10-12(13(21)16)15(25)17-14(10)24/h2-6H,16H2,1H3,(H,17,24,25). The molecule has 0 atom stereocenters. The van der Waals surface area contributed by atoms with Gasteiger partial charge in [-0.05, 0) is 35.5 Å². The number of tetrazole rings is 1. The zero-order valence-electron chi connectivity index (χ0n) is 12.9. The highest BCUT2D eigenvalue weighted by molar-refractivity contribution is 6.23. The van der Waals surface area contributed by atoms with Gasteiger partial charge in [0.15, 0.2) is 5.82 Å². The number of imide groups is 1. The maximum absolute atomic E-state index is 12.5. The number of nitrogens with zero attached hydrogens (tertiary/aromatic N) is 5. The number of nitrogens with two attached hydrogens (primary N) is 1. The smallest absolute Gasteiger partial charge is 0.262 e. The number of carbonyl (C=O) groups is 2. The highest BCUT2D eigenvalue weighted by atomic mass is 16.2. The summed E-state index contributed by atoms with van der Waals surface area (Å²) in [5.41, 5.74) is 6.52. The van der Waals surface area contributed by atoms with Crippen molar-refractivity contribution in [3.63, 3.8) is 0 Å². The van der Waals surface area contributed by atoms with Gasteiger partial charge < -0.3 is 5.73 Å². The Morgan fingerprint density at radius 1 is 1.08 bits per heavy atom. The lowest BCUT2D eigenvalue weighted by Gasteiger charge is -2.13. The largest absolute Gasteiger partial charge is 0.384 e. The van der Waals surface area contributed by atoms with E-state index in [9.17, 15) is 14.4 Å². The minimum Gasteiger partial charge on any atom is -0.384 e. The van der Waals surface area contributed by atoms with Crippen LogP contribution in [-0.4, -0.2) is 36.6 Å². The molecule has 2 aromatic heterocycles. The lowest BCUT2D eigenvalue weighted by Crippen LogP contribution is -2.24. The van der Waals surface area contributed by atoms with E-state index in [0.717, 1.165) is 6.07 Å². The number of hydrogen-bond acceptors (Lipinski definition) is 7. The van der Waals surface area contributed by atoms with E-state index in [4.69, 9.17) is 5.73 Å². The van der Waals surface area contributed by atoms with Crippen LogP contribution in [0.25, 0.3) is 11.4 Å². The van der Waals surface area contributed by atoms with Gasteiger partial charge in [0, 0.05) is 6.07 Å². The zero-order chi connectivity index (χ0) is 17.7. The monoisotopic (exact) mass is 337 g/mol. The number of anilines is 1. The van der Waals surface area contributed by atoms with E-state index in [0.29, 0.717) is 17.2 Å². The first-order chi connectivity index (χ1) is 12.0. The molecule has 3 heterocycles. The fourth-order valence-electron chi connectivity index (χ4n) is 2.78. The predicted octanol–water partition coefficient (Wildman–Crippen LogP) is -0.413. The number of hydrogen-bond donors (Lipinski definition) is 2. The summed E-state index contributed by atoms with van der Waals surface area (Å²) in [5.74, 6) is -0.791. The average molecular weight is 337 g/mol. The topological polar surface area (TPSA) is 138 Å². The van der Waals surface area contributed by atoms with Crippen LogP contribution >= 0.6 is 0 Å². The van der Waals surface area contributed by atoms with E-state index in [1.807, 2.05) is 0 Å². The van der Waals surface area contributed by atoms with Gasteiger partial charge in [0.2, 0.25) is 0 Å². The van der Waals surface area contributed by atoms with Gasteiger partial charge in [0.05, 0.1) is 22.5 Å². The van der Waals surface area contributed by atoms with Crippen LogP contribution in [0, 0.1) is 6.92 Å². The molecule has 0 radical (unpaired) electrons. The molecule has 2 amide bonds. The van der Waals surface area contributed by atoms with Crippen LogP contribution in [0.5, 0.6) is 0 Å². The lowest BCUT2D eigenvalue weighted by molar-refractivity contribution is 0.0880. The molecule has 1 aliphatic heterocycles. The number of aromatic nitrogens is 5. The molecule has 0 spiro atoms. The second kappa shape index (κ2) is 5.09. The quantitative estimate of drug-likeness (QED) is 0.606. The van der Waals surface area contributed by atoms with E-state index >= 15 is 0 Å². The Morgan fingerprint density at radius 3 is 2.56 bits per heavy atom. The Balaban J connectivity index is 1.94. The van der Waals surface area contributed by atoms with Crippen molar-refractivity contribution in [3.05, 3.63) is 57.6 Å². The van der Waals surface area contributed by atoms with Crippen molar-refractivity contribution in [2.45, 2.75) is 6.92 Å². The van der Waals surface area contributed by atoms with Crippen molar-refractivity contribution in [2.24, 2.45) is 0 Å². The van der Waals surface area contributed by atoms with Crippen LogP contribution in [0.15, 0.2) is 35.1 Å². The first-order valence-electron chi connectivity index (χ1n) is 7.24. The second-order valence-electron chi connectivity index (χ2n) is 5.43. The molecule has 0 aliphatic carbocycles. The molecular formula is C15H11N7O3. The number of pyridine rings is 1. The van der Waals surface area contributed by atoms with Crippen LogP contribution in [0.4, 0.5) is 5.82 Å². The Bertz CT molecular complexity index is 1110. The maximum Gasteiger partial charge on any atom is 0.262 e. The molecule has 10 heteroatoms. The summed E-state index contributed by atoms with van der Waals surface area (Å²) >= 11 is 0. The highest BCUT2D eigenvalue weighted by Crippen LogP contribution is 2.23. The molecule has 25 heavy (non-hydrogen) atoms. The lowest BCUT2D eigenvalue weighted by atomic mass is 10.1. The minimum absolute atomic E-state index is 0.00592. The van der Waals surface area contributed by atoms with Gasteiger partial charge in [-0.25, -0.2) is 0 Å². The van der Waals surface area contributed by atoms with Crippen molar-refractivity contribution in [2.75, 3.05) is 5.73 Å². The van der Waals surface area contributed by atoms with Gasteiger partial charge in [0.1, 0.15) is 5.82 Å². The number of carbonyl (C=O) groups excluding carboxylic acids is 2. The molecule has 0 fully saturated rings. The molecule has 124 valence electrons. The third kappa shape index (κ3) is 2.11. The number of aryl methyl sites for hydroxylation is 1. The van der Waals surface area contributed by atoms with E-state index < -0.39 is 17.4 Å². The van der Waals surface area contributed by atoms with Crippen molar-refractivity contribution < 1.29 is 9.59 Å². The summed E-state index contributed by atoms with van der Waals surface area (Å²) in [5, 5.41) is 13.4. The van der Waals surface area contributed by atoms with Crippen molar-refractivity contribution in [3.8, 4) is 11.4 Å². The Kier molecular flexibility index (Phi) is 3.01. The summed E-state index contributed by atoms with van der Waals surface area (Å²) in [7, 11) is 0. The third-order valence-electron chi connectivity index (χ3n) is 3.91. The number of fused-ring (bicyclic) bond motifs is 1. The van der Waals surface area contributed by atoms with Gasteiger partial charge in [-0.2, -0.15) is 4.68 Å². The highest BCUT2D eigenvalue weighted by Gasteiger charge is 2.31. The van der Waals surface area contributed by atoms with Gasteiger partial charge in [-0.3, -0.25) is 24.3 Å². The van der Waals surface area contributed by atoms with Gasteiger partial charge in [-0.1, -0.05) is 6.07 Å². The molecule has 0 saturated heterocycles. The van der Waals surface area contributed by atoms with Crippen molar-refractivity contribution in [1.29, 1.82) is 0 Å². The molecule has 1 aromatic carbocycles. The number of benzene rings is 1. The first kappa shape index (κ1) is 14.8. The zero-order valence-corrected chi connectivity index (χ0v) is 12.9. The number of rotatable bonds is 2. The van der Waals surface area contributed by atoms with Crippen LogP contribution in [0.2, 0.25) is 0 Å². The summed E-state index contributed by atoms with van der Waals surface area (Å²) < 4.78 is 2.66. The SMILES string of the molecule is Cc1nnnn1-c1cccc(-n2c(N)c3c(cc2=O)C(=O)NC3=O)c1. The summed E-state index contributed by atoms with van der Waals surface area (Å²) in [6.07, 6.45) is 0. The number of amides is 2.